The van der Waals surface area contributed by atoms with Gasteiger partial charge in [-0.25, -0.2) is 0 Å². The number of rotatable bonds is 4. The van der Waals surface area contributed by atoms with Crippen molar-refractivity contribution in [2.45, 2.75) is 26.3 Å². The van der Waals surface area contributed by atoms with Crippen molar-refractivity contribution >= 4 is 33.9 Å². The maximum atomic E-state index is 12.5. The number of allylic oxidation sites excluding steroid dienone is 2. The lowest BCUT2D eigenvalue weighted by molar-refractivity contribution is -0.116. The molecular formula is C23H21NO2S. The van der Waals surface area contributed by atoms with Gasteiger partial charge in [0, 0.05) is 35.5 Å². The standard InChI is InChI=1S/C23H21NO2S/c1-2-27-22-14-19(23-20(25)12-13-21(23)26)24(15-16-8-4-3-5-9-16)18-11-7-6-10-17(18)22/h3-11,14H,2,12-13,15H2,1H3. The minimum absolute atomic E-state index is 0.0375. The van der Waals surface area contributed by atoms with Crippen molar-refractivity contribution in [3.8, 4) is 0 Å². The van der Waals surface area contributed by atoms with E-state index in [0.717, 1.165) is 33.2 Å². The average molecular weight is 375 g/mol. The second kappa shape index (κ2) is 7.57. The molecule has 1 aliphatic carbocycles. The van der Waals surface area contributed by atoms with Gasteiger partial charge in [-0.15, -0.1) is 11.8 Å². The lowest BCUT2D eigenvalue weighted by Gasteiger charge is -2.33. The molecule has 136 valence electrons. The summed E-state index contributed by atoms with van der Waals surface area (Å²) in [6.45, 7) is 2.74. The number of Topliss-reactive ketones (excluding diaryl/α,β-unsaturated/α-hetero) is 2. The van der Waals surface area contributed by atoms with E-state index in [1.54, 1.807) is 11.8 Å². The van der Waals surface area contributed by atoms with Crippen LogP contribution in [0.2, 0.25) is 0 Å². The van der Waals surface area contributed by atoms with Crippen LogP contribution in [0.5, 0.6) is 0 Å². The van der Waals surface area contributed by atoms with Crippen LogP contribution in [0.15, 0.2) is 71.9 Å². The fourth-order valence-electron chi connectivity index (χ4n) is 3.66. The first-order valence-electron chi connectivity index (χ1n) is 9.25. The number of hydrogen-bond acceptors (Lipinski definition) is 4. The van der Waals surface area contributed by atoms with Crippen LogP contribution in [-0.4, -0.2) is 17.3 Å². The van der Waals surface area contributed by atoms with Crippen molar-refractivity contribution in [1.82, 2.24) is 0 Å². The highest BCUT2D eigenvalue weighted by atomic mass is 32.2. The van der Waals surface area contributed by atoms with Gasteiger partial charge in [-0.05, 0) is 23.5 Å². The zero-order chi connectivity index (χ0) is 18.8. The van der Waals surface area contributed by atoms with Gasteiger partial charge >= 0.3 is 0 Å². The van der Waals surface area contributed by atoms with E-state index >= 15 is 0 Å². The number of fused-ring (bicyclic) bond motifs is 1. The quantitative estimate of drug-likeness (QED) is 0.557. The lowest BCUT2D eigenvalue weighted by Crippen LogP contribution is -2.28. The molecule has 0 saturated heterocycles. The van der Waals surface area contributed by atoms with Crippen LogP contribution in [0, 0.1) is 0 Å². The van der Waals surface area contributed by atoms with E-state index in [0.29, 0.717) is 25.0 Å². The molecule has 1 heterocycles. The first-order chi connectivity index (χ1) is 13.2. The number of carbonyl (C=O) groups is 2. The first kappa shape index (κ1) is 17.8. The number of para-hydroxylation sites is 1. The summed E-state index contributed by atoms with van der Waals surface area (Å²) < 4.78 is 0. The Morgan fingerprint density at radius 1 is 0.926 bits per heavy atom. The Hall–Kier alpha value is -2.59. The van der Waals surface area contributed by atoms with E-state index in [2.05, 4.69) is 36.1 Å². The summed E-state index contributed by atoms with van der Waals surface area (Å²) in [4.78, 5) is 28.3. The van der Waals surface area contributed by atoms with Gasteiger partial charge in [0.15, 0.2) is 11.6 Å². The van der Waals surface area contributed by atoms with Crippen molar-refractivity contribution < 1.29 is 9.59 Å². The summed E-state index contributed by atoms with van der Waals surface area (Å²) in [6.07, 6.45) is 2.68. The second-order valence-electron chi connectivity index (χ2n) is 6.64. The van der Waals surface area contributed by atoms with Crippen LogP contribution in [0.4, 0.5) is 5.69 Å². The zero-order valence-electron chi connectivity index (χ0n) is 15.3. The third-order valence-corrected chi connectivity index (χ3v) is 5.83. The van der Waals surface area contributed by atoms with Crippen molar-refractivity contribution in [3.05, 3.63) is 83.1 Å². The fourth-order valence-corrected chi connectivity index (χ4v) is 4.50. The van der Waals surface area contributed by atoms with Crippen molar-refractivity contribution in [2.24, 2.45) is 0 Å². The summed E-state index contributed by atoms with van der Waals surface area (Å²) in [5.41, 5.74) is 4.47. The molecule has 4 heteroatoms. The Balaban J connectivity index is 1.91. The van der Waals surface area contributed by atoms with Crippen LogP contribution in [0.3, 0.4) is 0 Å². The summed E-state index contributed by atoms with van der Waals surface area (Å²) in [5.74, 6) is 0.859. The predicted molar refractivity (Wildman–Crippen MR) is 111 cm³/mol. The highest BCUT2D eigenvalue weighted by Crippen LogP contribution is 2.43. The maximum Gasteiger partial charge on any atom is 0.169 e. The molecule has 4 rings (SSSR count). The van der Waals surface area contributed by atoms with Gasteiger partial charge in [0.2, 0.25) is 0 Å². The summed E-state index contributed by atoms with van der Waals surface area (Å²) in [7, 11) is 0. The van der Waals surface area contributed by atoms with E-state index in [-0.39, 0.29) is 11.6 Å². The number of nitrogens with zero attached hydrogens (tertiary/aromatic N) is 1. The normalized spacial score (nSPS) is 16.6. The number of thioether (sulfide) groups is 1. The number of benzene rings is 2. The Morgan fingerprint density at radius 2 is 1.59 bits per heavy atom. The lowest BCUT2D eigenvalue weighted by atomic mass is 10.00. The van der Waals surface area contributed by atoms with Crippen LogP contribution >= 0.6 is 11.8 Å². The van der Waals surface area contributed by atoms with Gasteiger partial charge in [-0.1, -0.05) is 55.5 Å². The number of ketones is 2. The van der Waals surface area contributed by atoms with Crippen LogP contribution in [0.1, 0.15) is 30.9 Å². The van der Waals surface area contributed by atoms with Crippen molar-refractivity contribution in [1.29, 1.82) is 0 Å². The van der Waals surface area contributed by atoms with Crippen molar-refractivity contribution in [2.75, 3.05) is 10.7 Å². The third-order valence-electron chi connectivity index (χ3n) is 4.90. The smallest absolute Gasteiger partial charge is 0.169 e. The number of hydrogen-bond donors (Lipinski definition) is 0. The molecule has 0 aromatic heterocycles. The van der Waals surface area contributed by atoms with Gasteiger partial charge in [0.05, 0.1) is 11.3 Å². The Labute approximate surface area is 163 Å². The zero-order valence-corrected chi connectivity index (χ0v) is 16.1. The molecule has 2 aromatic rings. The molecular weight excluding hydrogens is 354 g/mol. The number of carbonyl (C=O) groups excluding carboxylic acids is 2. The van der Waals surface area contributed by atoms with Crippen molar-refractivity contribution in [3.63, 3.8) is 0 Å². The highest BCUT2D eigenvalue weighted by Gasteiger charge is 2.34. The Bertz CT molecular complexity index is 941. The molecule has 0 unspecified atom stereocenters. The second-order valence-corrected chi connectivity index (χ2v) is 7.94. The molecule has 0 radical (unpaired) electrons. The monoisotopic (exact) mass is 375 g/mol. The van der Waals surface area contributed by atoms with Crippen LogP contribution < -0.4 is 4.90 Å². The molecule has 0 bridgehead atoms. The van der Waals surface area contributed by atoms with E-state index in [1.165, 1.54) is 0 Å². The van der Waals surface area contributed by atoms with E-state index in [1.807, 2.05) is 36.4 Å². The van der Waals surface area contributed by atoms with Gasteiger partial charge in [0.1, 0.15) is 0 Å². The molecule has 0 N–H and O–H groups in total. The average Bonchev–Trinajstić information content (AvgIpc) is 3.03. The molecule has 1 aliphatic heterocycles. The Morgan fingerprint density at radius 3 is 2.30 bits per heavy atom. The predicted octanol–water partition coefficient (Wildman–Crippen LogP) is 4.99. The SMILES string of the molecule is CCSC1=CC(=C2C(=O)CCC2=O)N(Cc2ccccc2)c2ccccc21. The van der Waals surface area contributed by atoms with E-state index in [9.17, 15) is 9.59 Å². The molecule has 1 saturated carbocycles. The van der Waals surface area contributed by atoms with Gasteiger partial charge in [-0.3, -0.25) is 9.59 Å². The first-order valence-corrected chi connectivity index (χ1v) is 10.2. The topological polar surface area (TPSA) is 37.4 Å². The molecule has 27 heavy (non-hydrogen) atoms. The van der Waals surface area contributed by atoms with Crippen LogP contribution in [-0.2, 0) is 16.1 Å². The molecule has 3 nitrogen and oxygen atoms in total. The Kier molecular flexibility index (Phi) is 4.99. The summed E-state index contributed by atoms with van der Waals surface area (Å²) in [6, 6.07) is 18.4. The fraction of sp³-hybridized carbons (Fsp3) is 0.217. The summed E-state index contributed by atoms with van der Waals surface area (Å²) in [5, 5.41) is 0. The van der Waals surface area contributed by atoms with Crippen LogP contribution in [0.25, 0.3) is 4.91 Å². The minimum atomic E-state index is -0.0375. The third kappa shape index (κ3) is 3.37. The summed E-state index contributed by atoms with van der Waals surface area (Å²) >= 11 is 1.75. The molecule has 0 atom stereocenters. The maximum absolute atomic E-state index is 12.5. The highest BCUT2D eigenvalue weighted by molar-refractivity contribution is 8.08. The van der Waals surface area contributed by atoms with E-state index < -0.39 is 0 Å². The van der Waals surface area contributed by atoms with Gasteiger partial charge in [-0.2, -0.15) is 0 Å². The molecule has 0 spiro atoms. The molecule has 1 fully saturated rings. The molecule has 2 aromatic carbocycles. The molecule has 0 amide bonds. The minimum Gasteiger partial charge on any atom is -0.336 e. The largest absolute Gasteiger partial charge is 0.336 e. The van der Waals surface area contributed by atoms with E-state index in [4.69, 9.17) is 0 Å². The van der Waals surface area contributed by atoms with Gasteiger partial charge < -0.3 is 4.90 Å². The van der Waals surface area contributed by atoms with Gasteiger partial charge in [0.25, 0.3) is 0 Å². The molecule has 2 aliphatic rings. The number of anilines is 1.